The van der Waals surface area contributed by atoms with Gasteiger partial charge in [0.15, 0.2) is 11.5 Å². The Morgan fingerprint density at radius 2 is 1.48 bits per heavy atom. The van der Waals surface area contributed by atoms with Gasteiger partial charge in [-0.2, -0.15) is 0 Å². The van der Waals surface area contributed by atoms with Gasteiger partial charge in [-0.25, -0.2) is 4.79 Å². The Labute approximate surface area is 193 Å². The molecule has 0 aliphatic rings. The molecule has 9 heteroatoms. The van der Waals surface area contributed by atoms with Gasteiger partial charge in [-0.15, -0.1) is 0 Å². The molecule has 2 aromatic carbocycles. The highest BCUT2D eigenvalue weighted by Gasteiger charge is 2.16. The number of amides is 3. The summed E-state index contributed by atoms with van der Waals surface area (Å²) in [6.45, 7) is 5.43. The molecule has 0 saturated heterocycles. The van der Waals surface area contributed by atoms with Crippen LogP contribution in [0.15, 0.2) is 42.5 Å². The van der Waals surface area contributed by atoms with Crippen molar-refractivity contribution in [3.05, 3.63) is 48.0 Å². The van der Waals surface area contributed by atoms with Gasteiger partial charge >= 0.3 is 6.09 Å². The van der Waals surface area contributed by atoms with Crippen LogP contribution in [0.2, 0.25) is 0 Å². The molecule has 2 rings (SSSR count). The summed E-state index contributed by atoms with van der Waals surface area (Å²) in [5.41, 5.74) is 1.25. The number of ether oxygens (including phenoxy) is 3. The Balaban J connectivity index is 1.85. The smallest absolute Gasteiger partial charge is 0.407 e. The molecule has 0 aliphatic carbocycles. The lowest BCUT2D eigenvalue weighted by atomic mass is 10.1. The highest BCUT2D eigenvalue weighted by atomic mass is 16.6. The molecule has 3 amide bonds. The first kappa shape index (κ1) is 25.5. The molecule has 0 spiro atoms. The van der Waals surface area contributed by atoms with Gasteiger partial charge < -0.3 is 30.2 Å². The summed E-state index contributed by atoms with van der Waals surface area (Å²) in [6.07, 6.45) is -0.350. The summed E-state index contributed by atoms with van der Waals surface area (Å²) in [5, 5.41) is 8.09. The van der Waals surface area contributed by atoms with Crippen LogP contribution in [0.5, 0.6) is 11.5 Å². The first-order valence-electron chi connectivity index (χ1n) is 10.5. The van der Waals surface area contributed by atoms with Crippen LogP contribution >= 0.6 is 0 Å². The van der Waals surface area contributed by atoms with Crippen LogP contribution in [-0.4, -0.2) is 44.3 Å². The quantitative estimate of drug-likeness (QED) is 0.528. The van der Waals surface area contributed by atoms with Crippen LogP contribution in [-0.2, 0) is 20.7 Å². The van der Waals surface area contributed by atoms with Crippen molar-refractivity contribution in [2.24, 2.45) is 0 Å². The van der Waals surface area contributed by atoms with E-state index in [0.29, 0.717) is 22.9 Å². The van der Waals surface area contributed by atoms with Crippen LogP contribution in [0.25, 0.3) is 0 Å². The molecule has 9 nitrogen and oxygen atoms in total. The van der Waals surface area contributed by atoms with Crippen LogP contribution in [0.3, 0.4) is 0 Å². The Morgan fingerprint density at radius 3 is 2.09 bits per heavy atom. The van der Waals surface area contributed by atoms with Crippen molar-refractivity contribution in [2.75, 3.05) is 31.4 Å². The van der Waals surface area contributed by atoms with Gasteiger partial charge in [0, 0.05) is 24.3 Å². The molecule has 2 aromatic rings. The number of anilines is 2. The monoisotopic (exact) mass is 457 g/mol. The molecule has 0 bridgehead atoms. The second-order valence-corrected chi connectivity index (χ2v) is 8.22. The predicted molar refractivity (Wildman–Crippen MR) is 126 cm³/mol. The van der Waals surface area contributed by atoms with E-state index in [0.717, 1.165) is 5.56 Å². The van der Waals surface area contributed by atoms with Crippen molar-refractivity contribution in [1.29, 1.82) is 0 Å². The molecule has 0 unspecified atom stereocenters. The highest BCUT2D eigenvalue weighted by Crippen LogP contribution is 2.27. The lowest BCUT2D eigenvalue weighted by Gasteiger charge is -2.19. The molecule has 0 radical (unpaired) electrons. The molecule has 3 N–H and O–H groups in total. The zero-order chi connectivity index (χ0) is 24.4. The average molecular weight is 458 g/mol. The number of hydrogen-bond acceptors (Lipinski definition) is 6. The van der Waals surface area contributed by atoms with E-state index >= 15 is 0 Å². The van der Waals surface area contributed by atoms with E-state index in [1.807, 2.05) is 0 Å². The van der Waals surface area contributed by atoms with E-state index in [4.69, 9.17) is 14.2 Å². The summed E-state index contributed by atoms with van der Waals surface area (Å²) in [5.74, 6) is 0.646. The Kier molecular flexibility index (Phi) is 9.08. The van der Waals surface area contributed by atoms with Crippen molar-refractivity contribution in [3.8, 4) is 11.5 Å². The number of rotatable bonds is 9. The van der Waals surface area contributed by atoms with Crippen molar-refractivity contribution < 1.29 is 28.6 Å². The third kappa shape index (κ3) is 9.10. The van der Waals surface area contributed by atoms with Crippen molar-refractivity contribution in [3.63, 3.8) is 0 Å². The Bertz CT molecular complexity index is 984. The van der Waals surface area contributed by atoms with Crippen molar-refractivity contribution in [2.45, 2.75) is 39.2 Å². The molecule has 0 saturated carbocycles. The average Bonchev–Trinajstić information content (AvgIpc) is 2.72. The summed E-state index contributed by atoms with van der Waals surface area (Å²) < 4.78 is 15.6. The zero-order valence-corrected chi connectivity index (χ0v) is 19.6. The second-order valence-electron chi connectivity index (χ2n) is 8.22. The van der Waals surface area contributed by atoms with Gasteiger partial charge in [0.05, 0.1) is 20.6 Å². The van der Waals surface area contributed by atoms with Crippen LogP contribution < -0.4 is 25.4 Å². The normalized spacial score (nSPS) is 10.7. The fourth-order valence-corrected chi connectivity index (χ4v) is 2.87. The van der Waals surface area contributed by atoms with Gasteiger partial charge in [-0.1, -0.05) is 12.1 Å². The van der Waals surface area contributed by atoms with E-state index in [1.54, 1.807) is 70.3 Å². The van der Waals surface area contributed by atoms with E-state index in [1.165, 1.54) is 7.11 Å². The van der Waals surface area contributed by atoms with E-state index < -0.39 is 11.7 Å². The number of hydrogen-bond donors (Lipinski definition) is 3. The molecular formula is C24H31N3O6. The summed E-state index contributed by atoms with van der Waals surface area (Å²) in [7, 11) is 3.09. The number of nitrogens with one attached hydrogen (secondary N) is 3. The predicted octanol–water partition coefficient (Wildman–Crippen LogP) is 3.74. The first-order valence-corrected chi connectivity index (χ1v) is 10.5. The maximum atomic E-state index is 12.5. The molecule has 0 aliphatic heterocycles. The van der Waals surface area contributed by atoms with Crippen LogP contribution in [0.4, 0.5) is 16.2 Å². The van der Waals surface area contributed by atoms with Crippen LogP contribution in [0.1, 0.15) is 32.8 Å². The maximum Gasteiger partial charge on any atom is 0.407 e. The Morgan fingerprint density at radius 1 is 0.848 bits per heavy atom. The molecule has 0 fully saturated rings. The van der Waals surface area contributed by atoms with Crippen molar-refractivity contribution in [1.82, 2.24) is 5.32 Å². The summed E-state index contributed by atoms with van der Waals surface area (Å²) >= 11 is 0. The number of carbonyl (C=O) groups is 3. The summed E-state index contributed by atoms with van der Waals surface area (Å²) in [4.78, 5) is 36.2. The SMILES string of the molecule is COc1ccc(CC(=O)Nc2cccc(NC(=O)CCNC(=O)OC(C)(C)C)c2)cc1OC. The fourth-order valence-electron chi connectivity index (χ4n) is 2.87. The molecule has 33 heavy (non-hydrogen) atoms. The molecule has 178 valence electrons. The number of carbonyl (C=O) groups excluding carboxylic acids is 3. The lowest BCUT2D eigenvalue weighted by molar-refractivity contribution is -0.116. The third-order valence-electron chi connectivity index (χ3n) is 4.26. The van der Waals surface area contributed by atoms with Gasteiger partial charge in [-0.05, 0) is 56.7 Å². The molecular weight excluding hydrogens is 426 g/mol. The number of alkyl carbamates (subject to hydrolysis) is 1. The van der Waals surface area contributed by atoms with Gasteiger partial charge in [-0.3, -0.25) is 9.59 Å². The minimum absolute atomic E-state index is 0.0785. The number of methoxy groups -OCH3 is 2. The van der Waals surface area contributed by atoms with E-state index in [2.05, 4.69) is 16.0 Å². The number of benzene rings is 2. The first-order chi connectivity index (χ1) is 15.6. The zero-order valence-electron chi connectivity index (χ0n) is 19.6. The minimum Gasteiger partial charge on any atom is -0.493 e. The molecule has 0 aromatic heterocycles. The highest BCUT2D eigenvalue weighted by molar-refractivity contribution is 5.95. The second kappa shape index (κ2) is 11.8. The van der Waals surface area contributed by atoms with E-state index in [9.17, 15) is 14.4 Å². The largest absolute Gasteiger partial charge is 0.493 e. The Hall–Kier alpha value is -3.75. The van der Waals surface area contributed by atoms with Crippen molar-refractivity contribution >= 4 is 29.3 Å². The molecule has 0 atom stereocenters. The standard InChI is InChI=1S/C24H31N3O6/c1-24(2,3)33-23(30)25-12-11-21(28)26-17-7-6-8-18(15-17)27-22(29)14-16-9-10-19(31-4)20(13-16)32-5/h6-10,13,15H,11-12,14H2,1-5H3,(H,25,30)(H,26,28)(H,27,29). The van der Waals surface area contributed by atoms with Crippen LogP contribution in [0, 0.1) is 0 Å². The van der Waals surface area contributed by atoms with Gasteiger partial charge in [0.1, 0.15) is 5.60 Å². The van der Waals surface area contributed by atoms with Gasteiger partial charge in [0.2, 0.25) is 11.8 Å². The third-order valence-corrected chi connectivity index (χ3v) is 4.26. The lowest BCUT2D eigenvalue weighted by Crippen LogP contribution is -2.34. The maximum absolute atomic E-state index is 12.5. The van der Waals surface area contributed by atoms with Gasteiger partial charge in [0.25, 0.3) is 0 Å². The fraction of sp³-hybridized carbons (Fsp3) is 0.375. The molecule has 0 heterocycles. The van der Waals surface area contributed by atoms with E-state index in [-0.39, 0.29) is 31.2 Å². The topological polar surface area (TPSA) is 115 Å². The minimum atomic E-state index is -0.601. The summed E-state index contributed by atoms with van der Waals surface area (Å²) in [6, 6.07) is 12.1.